The Morgan fingerprint density at radius 2 is 1.93 bits per heavy atom. The molecule has 1 N–H and O–H groups in total. The summed E-state index contributed by atoms with van der Waals surface area (Å²) in [6, 6.07) is 0. The number of hydrogen-bond acceptors (Lipinski definition) is 2. The van der Waals surface area contributed by atoms with Gasteiger partial charge >= 0.3 is 0 Å². The highest BCUT2D eigenvalue weighted by molar-refractivity contribution is 4.75. The highest BCUT2D eigenvalue weighted by Gasteiger charge is 2.20. The predicted octanol–water partition coefficient (Wildman–Crippen LogP) is 3.22. The van der Waals surface area contributed by atoms with Gasteiger partial charge in [0.05, 0.1) is 0 Å². The standard InChI is InChI=1S/C13H29NO/c1-5-10-14-12-13(3,6-2)9-7-8-11-15-4/h14H,5-12H2,1-4H3. The molecule has 0 rings (SSSR count). The third-order valence-electron chi connectivity index (χ3n) is 3.21. The Morgan fingerprint density at radius 1 is 1.20 bits per heavy atom. The molecule has 0 amide bonds. The number of nitrogens with one attached hydrogen (secondary N) is 1. The van der Waals surface area contributed by atoms with Crippen LogP contribution in [0.4, 0.5) is 0 Å². The molecule has 0 aliphatic rings. The minimum Gasteiger partial charge on any atom is -0.385 e. The van der Waals surface area contributed by atoms with Gasteiger partial charge in [-0.3, -0.25) is 0 Å². The molecule has 2 heteroatoms. The van der Waals surface area contributed by atoms with Crippen LogP contribution >= 0.6 is 0 Å². The average molecular weight is 215 g/mol. The maximum Gasteiger partial charge on any atom is 0.0462 e. The van der Waals surface area contributed by atoms with E-state index in [1.807, 2.05) is 0 Å². The van der Waals surface area contributed by atoms with Crippen LogP contribution in [0.1, 0.15) is 52.9 Å². The van der Waals surface area contributed by atoms with Crippen LogP contribution in [0.25, 0.3) is 0 Å². The van der Waals surface area contributed by atoms with Gasteiger partial charge in [-0.25, -0.2) is 0 Å². The van der Waals surface area contributed by atoms with E-state index >= 15 is 0 Å². The van der Waals surface area contributed by atoms with Crippen LogP contribution in [-0.2, 0) is 4.74 Å². The van der Waals surface area contributed by atoms with Gasteiger partial charge in [-0.1, -0.05) is 27.2 Å². The van der Waals surface area contributed by atoms with Gasteiger partial charge in [0.15, 0.2) is 0 Å². The van der Waals surface area contributed by atoms with E-state index in [4.69, 9.17) is 4.74 Å². The number of hydrogen-bond donors (Lipinski definition) is 1. The monoisotopic (exact) mass is 215 g/mol. The fraction of sp³-hybridized carbons (Fsp3) is 1.00. The normalized spacial score (nSPS) is 15.2. The van der Waals surface area contributed by atoms with Gasteiger partial charge in [-0.15, -0.1) is 0 Å². The van der Waals surface area contributed by atoms with Gasteiger partial charge in [0.1, 0.15) is 0 Å². The van der Waals surface area contributed by atoms with Crippen LogP contribution in [0.2, 0.25) is 0 Å². The van der Waals surface area contributed by atoms with Crippen molar-refractivity contribution in [2.45, 2.75) is 52.9 Å². The zero-order valence-corrected chi connectivity index (χ0v) is 11.1. The van der Waals surface area contributed by atoms with E-state index < -0.39 is 0 Å². The summed E-state index contributed by atoms with van der Waals surface area (Å²) in [6.45, 7) is 10.1. The SMILES string of the molecule is CCCNCC(C)(CC)CCCCOC. The van der Waals surface area contributed by atoms with Crippen molar-refractivity contribution in [1.82, 2.24) is 5.32 Å². The van der Waals surface area contributed by atoms with E-state index in [0.29, 0.717) is 5.41 Å². The summed E-state index contributed by atoms with van der Waals surface area (Å²) in [5, 5.41) is 3.54. The largest absolute Gasteiger partial charge is 0.385 e. The summed E-state index contributed by atoms with van der Waals surface area (Å²) >= 11 is 0. The zero-order valence-electron chi connectivity index (χ0n) is 11.1. The van der Waals surface area contributed by atoms with Crippen molar-refractivity contribution >= 4 is 0 Å². The molecule has 1 atom stereocenters. The first-order valence-electron chi connectivity index (χ1n) is 6.38. The molecule has 92 valence electrons. The van der Waals surface area contributed by atoms with E-state index in [1.165, 1.54) is 32.1 Å². The minimum atomic E-state index is 0.475. The molecule has 1 unspecified atom stereocenters. The predicted molar refractivity (Wildman–Crippen MR) is 67.3 cm³/mol. The molecule has 0 saturated carbocycles. The van der Waals surface area contributed by atoms with Crippen LogP contribution in [-0.4, -0.2) is 26.8 Å². The summed E-state index contributed by atoms with van der Waals surface area (Å²) in [4.78, 5) is 0. The fourth-order valence-electron chi connectivity index (χ4n) is 1.76. The van der Waals surface area contributed by atoms with Crippen LogP contribution in [0.5, 0.6) is 0 Å². The minimum absolute atomic E-state index is 0.475. The molecule has 15 heavy (non-hydrogen) atoms. The van der Waals surface area contributed by atoms with Gasteiger partial charge in [-0.2, -0.15) is 0 Å². The molecule has 0 fully saturated rings. The lowest BCUT2D eigenvalue weighted by molar-refractivity contribution is 0.181. The first kappa shape index (κ1) is 14.9. The Balaban J connectivity index is 3.65. The number of unbranched alkanes of at least 4 members (excludes halogenated alkanes) is 1. The summed E-state index contributed by atoms with van der Waals surface area (Å²) in [7, 11) is 1.78. The van der Waals surface area contributed by atoms with Crippen molar-refractivity contribution in [3.8, 4) is 0 Å². The van der Waals surface area contributed by atoms with E-state index in [1.54, 1.807) is 7.11 Å². The molecule has 0 aliphatic carbocycles. The third kappa shape index (κ3) is 7.80. The summed E-state index contributed by atoms with van der Waals surface area (Å²) in [6.07, 6.45) is 6.27. The van der Waals surface area contributed by atoms with E-state index in [9.17, 15) is 0 Å². The fourth-order valence-corrected chi connectivity index (χ4v) is 1.76. The molecular formula is C13H29NO. The highest BCUT2D eigenvalue weighted by atomic mass is 16.5. The molecular weight excluding hydrogens is 186 g/mol. The van der Waals surface area contributed by atoms with Gasteiger partial charge in [0.25, 0.3) is 0 Å². The third-order valence-corrected chi connectivity index (χ3v) is 3.21. The first-order chi connectivity index (χ1) is 7.18. The lowest BCUT2D eigenvalue weighted by Crippen LogP contribution is -2.31. The van der Waals surface area contributed by atoms with Crippen LogP contribution < -0.4 is 5.32 Å². The van der Waals surface area contributed by atoms with Gasteiger partial charge in [-0.05, 0) is 37.6 Å². The van der Waals surface area contributed by atoms with E-state index in [-0.39, 0.29) is 0 Å². The molecule has 0 aromatic heterocycles. The second-order valence-corrected chi connectivity index (χ2v) is 4.79. The molecule has 0 bridgehead atoms. The lowest BCUT2D eigenvalue weighted by Gasteiger charge is -2.28. The molecule has 0 spiro atoms. The molecule has 0 aliphatic heterocycles. The zero-order chi connectivity index (χ0) is 11.6. The Morgan fingerprint density at radius 3 is 2.47 bits per heavy atom. The Labute approximate surface area is 95.8 Å². The second kappa shape index (κ2) is 9.17. The van der Waals surface area contributed by atoms with Crippen molar-refractivity contribution < 1.29 is 4.74 Å². The highest BCUT2D eigenvalue weighted by Crippen LogP contribution is 2.27. The number of methoxy groups -OCH3 is 1. The van der Waals surface area contributed by atoms with Crippen LogP contribution in [0.15, 0.2) is 0 Å². The maximum absolute atomic E-state index is 5.07. The van der Waals surface area contributed by atoms with Crippen molar-refractivity contribution in [3.63, 3.8) is 0 Å². The maximum atomic E-state index is 5.07. The number of ether oxygens (including phenoxy) is 1. The quantitative estimate of drug-likeness (QED) is 0.565. The molecule has 0 aromatic rings. The lowest BCUT2D eigenvalue weighted by atomic mass is 9.82. The van der Waals surface area contributed by atoms with Gasteiger partial charge in [0.2, 0.25) is 0 Å². The van der Waals surface area contributed by atoms with Crippen molar-refractivity contribution in [3.05, 3.63) is 0 Å². The summed E-state index contributed by atoms with van der Waals surface area (Å²) in [5.74, 6) is 0. The number of rotatable bonds is 10. The molecule has 0 saturated heterocycles. The second-order valence-electron chi connectivity index (χ2n) is 4.79. The Hall–Kier alpha value is -0.0800. The Bertz CT molecular complexity index is 138. The van der Waals surface area contributed by atoms with Gasteiger partial charge in [0, 0.05) is 20.3 Å². The van der Waals surface area contributed by atoms with Crippen LogP contribution in [0, 0.1) is 5.41 Å². The molecule has 0 radical (unpaired) electrons. The smallest absolute Gasteiger partial charge is 0.0462 e. The van der Waals surface area contributed by atoms with E-state index in [2.05, 4.69) is 26.1 Å². The molecule has 0 heterocycles. The van der Waals surface area contributed by atoms with Crippen molar-refractivity contribution in [2.24, 2.45) is 5.41 Å². The van der Waals surface area contributed by atoms with Crippen molar-refractivity contribution in [2.75, 3.05) is 26.8 Å². The van der Waals surface area contributed by atoms with Crippen LogP contribution in [0.3, 0.4) is 0 Å². The van der Waals surface area contributed by atoms with E-state index in [0.717, 1.165) is 19.7 Å². The topological polar surface area (TPSA) is 21.3 Å². The Kier molecular flexibility index (Phi) is 9.12. The summed E-state index contributed by atoms with van der Waals surface area (Å²) < 4.78 is 5.07. The molecule has 2 nitrogen and oxygen atoms in total. The average Bonchev–Trinajstić information content (AvgIpc) is 2.25. The van der Waals surface area contributed by atoms with Gasteiger partial charge < -0.3 is 10.1 Å². The first-order valence-corrected chi connectivity index (χ1v) is 6.38. The molecule has 0 aromatic carbocycles. The van der Waals surface area contributed by atoms with Crippen molar-refractivity contribution in [1.29, 1.82) is 0 Å². The summed E-state index contributed by atoms with van der Waals surface area (Å²) in [5.41, 5.74) is 0.475.